The van der Waals surface area contributed by atoms with Gasteiger partial charge in [-0.1, -0.05) is 105 Å². The maximum Gasteiger partial charge on any atom is 0.170 e. The number of rotatable bonds is 8. The van der Waals surface area contributed by atoms with Gasteiger partial charge in [-0.2, -0.15) is 0 Å². The molecule has 0 spiro atoms. The molecule has 0 saturated carbocycles. The molecule has 2 nitrogen and oxygen atoms in total. The number of benzene rings is 3. The molecule has 29 heavy (non-hydrogen) atoms. The van der Waals surface area contributed by atoms with E-state index in [1.54, 1.807) is 0 Å². The molecule has 0 saturated heterocycles. The number of thiocarbonyl (C=S) groups is 1. The molecule has 1 N–H and O–H groups in total. The van der Waals surface area contributed by atoms with Gasteiger partial charge in [-0.15, -0.1) is 0 Å². The Morgan fingerprint density at radius 1 is 0.690 bits per heavy atom. The highest BCUT2D eigenvalue weighted by Crippen LogP contribution is 2.37. The third-order valence-corrected chi connectivity index (χ3v) is 5.55. The van der Waals surface area contributed by atoms with E-state index < -0.39 is 5.54 Å². The lowest BCUT2D eigenvalue weighted by molar-refractivity contribution is 0.395. The Morgan fingerprint density at radius 2 is 1.03 bits per heavy atom. The van der Waals surface area contributed by atoms with Crippen molar-refractivity contribution in [1.29, 1.82) is 0 Å². The number of hydrogen-bond donors (Lipinski definition) is 1. The van der Waals surface area contributed by atoms with Crippen molar-refractivity contribution in [3.8, 4) is 0 Å². The minimum Gasteiger partial charge on any atom is -0.349 e. The normalized spacial score (nSPS) is 11.1. The van der Waals surface area contributed by atoms with Crippen molar-refractivity contribution in [2.45, 2.75) is 32.2 Å². The molecule has 0 amide bonds. The second kappa shape index (κ2) is 10.2. The Kier molecular flexibility index (Phi) is 7.42. The van der Waals surface area contributed by atoms with Gasteiger partial charge in [-0.3, -0.25) is 0 Å². The van der Waals surface area contributed by atoms with Crippen LogP contribution < -0.4 is 5.32 Å². The second-order valence-electron chi connectivity index (χ2n) is 7.27. The highest BCUT2D eigenvalue weighted by molar-refractivity contribution is 7.80. The van der Waals surface area contributed by atoms with Crippen molar-refractivity contribution >= 4 is 17.3 Å². The van der Waals surface area contributed by atoms with Crippen molar-refractivity contribution in [3.05, 3.63) is 108 Å². The number of hydrogen-bond acceptors (Lipinski definition) is 1. The van der Waals surface area contributed by atoms with Crippen molar-refractivity contribution in [2.24, 2.45) is 0 Å². The summed E-state index contributed by atoms with van der Waals surface area (Å²) in [7, 11) is 0. The lowest BCUT2D eigenvalue weighted by Gasteiger charge is -2.40. The monoisotopic (exact) mass is 402 g/mol. The van der Waals surface area contributed by atoms with E-state index in [0.717, 1.165) is 31.0 Å². The summed E-state index contributed by atoms with van der Waals surface area (Å²) >= 11 is 5.97. The van der Waals surface area contributed by atoms with E-state index in [-0.39, 0.29) is 0 Å². The van der Waals surface area contributed by atoms with E-state index in [1.807, 2.05) is 0 Å². The molecule has 0 aromatic heterocycles. The fraction of sp³-hybridized carbons (Fsp3) is 0.269. The van der Waals surface area contributed by atoms with Crippen LogP contribution in [-0.4, -0.2) is 23.1 Å². The highest BCUT2D eigenvalue weighted by Gasteiger charge is 2.37. The fourth-order valence-electron chi connectivity index (χ4n) is 3.88. The summed E-state index contributed by atoms with van der Waals surface area (Å²) in [6.45, 7) is 6.30. The maximum absolute atomic E-state index is 5.97. The summed E-state index contributed by atoms with van der Waals surface area (Å²) in [6, 6.07) is 31.8. The second-order valence-corrected chi connectivity index (χ2v) is 7.65. The highest BCUT2D eigenvalue weighted by atomic mass is 32.1. The van der Waals surface area contributed by atoms with E-state index in [1.165, 1.54) is 16.7 Å². The standard InChI is InChI=1S/C26H30N2S/c1-3-20-28(21-4-2)25(29)27-26(22-14-8-5-9-15-22,23-16-10-6-11-17-23)24-18-12-7-13-19-24/h5-19H,3-4,20-21H2,1-2H3,(H,27,29). The first kappa shape index (κ1) is 21.1. The molecule has 0 aliphatic rings. The molecular weight excluding hydrogens is 372 g/mol. The lowest BCUT2D eigenvalue weighted by atomic mass is 9.77. The molecule has 3 aromatic rings. The quantitative estimate of drug-likeness (QED) is 0.369. The van der Waals surface area contributed by atoms with Crippen LogP contribution in [-0.2, 0) is 5.54 Å². The van der Waals surface area contributed by atoms with Crippen LogP contribution in [0.1, 0.15) is 43.4 Å². The average molecular weight is 403 g/mol. The summed E-state index contributed by atoms with van der Waals surface area (Å²) < 4.78 is 0. The zero-order valence-corrected chi connectivity index (χ0v) is 18.2. The van der Waals surface area contributed by atoms with Crippen LogP contribution in [0, 0.1) is 0 Å². The Hall–Kier alpha value is -2.65. The molecule has 0 fully saturated rings. The molecule has 0 atom stereocenters. The van der Waals surface area contributed by atoms with E-state index in [0.29, 0.717) is 0 Å². The lowest BCUT2D eigenvalue weighted by Crippen LogP contribution is -2.53. The maximum atomic E-state index is 5.97. The van der Waals surface area contributed by atoms with Crippen LogP contribution in [0.15, 0.2) is 91.0 Å². The van der Waals surface area contributed by atoms with Gasteiger partial charge in [0.25, 0.3) is 0 Å². The van der Waals surface area contributed by atoms with Crippen molar-refractivity contribution in [3.63, 3.8) is 0 Å². The summed E-state index contributed by atoms with van der Waals surface area (Å²) in [5, 5.41) is 4.60. The van der Waals surface area contributed by atoms with Gasteiger partial charge >= 0.3 is 0 Å². The molecule has 0 bridgehead atoms. The van der Waals surface area contributed by atoms with Crippen LogP contribution >= 0.6 is 12.2 Å². The molecule has 150 valence electrons. The molecule has 0 heterocycles. The number of nitrogens with one attached hydrogen (secondary N) is 1. The van der Waals surface area contributed by atoms with Crippen molar-refractivity contribution in [1.82, 2.24) is 10.2 Å². The third kappa shape index (κ3) is 4.68. The molecule has 0 aliphatic heterocycles. The summed E-state index contributed by atoms with van der Waals surface area (Å²) in [4.78, 5) is 2.29. The average Bonchev–Trinajstić information content (AvgIpc) is 2.79. The first-order valence-electron chi connectivity index (χ1n) is 10.5. The Morgan fingerprint density at radius 3 is 1.34 bits per heavy atom. The van der Waals surface area contributed by atoms with E-state index in [9.17, 15) is 0 Å². The minimum absolute atomic E-state index is 0.555. The molecule has 0 unspecified atom stereocenters. The van der Waals surface area contributed by atoms with Crippen LogP contribution in [0.2, 0.25) is 0 Å². The third-order valence-electron chi connectivity index (χ3n) is 5.19. The van der Waals surface area contributed by atoms with Gasteiger partial charge < -0.3 is 10.2 Å². The van der Waals surface area contributed by atoms with E-state index in [2.05, 4.69) is 115 Å². The zero-order valence-electron chi connectivity index (χ0n) is 17.3. The molecule has 3 heteroatoms. The van der Waals surface area contributed by atoms with Gasteiger partial charge in [0, 0.05) is 13.1 Å². The Balaban J connectivity index is 2.18. The molecule has 0 radical (unpaired) electrons. The Bertz CT molecular complexity index is 776. The first-order valence-corrected chi connectivity index (χ1v) is 10.9. The fourth-order valence-corrected chi connectivity index (χ4v) is 4.21. The van der Waals surface area contributed by atoms with E-state index >= 15 is 0 Å². The van der Waals surface area contributed by atoms with Crippen LogP contribution in [0.4, 0.5) is 0 Å². The van der Waals surface area contributed by atoms with Gasteiger partial charge in [0.15, 0.2) is 5.11 Å². The Labute approximate surface area is 180 Å². The zero-order chi connectivity index (χ0) is 20.5. The van der Waals surface area contributed by atoms with Crippen LogP contribution in [0.3, 0.4) is 0 Å². The van der Waals surface area contributed by atoms with Crippen LogP contribution in [0.25, 0.3) is 0 Å². The topological polar surface area (TPSA) is 15.3 Å². The van der Waals surface area contributed by atoms with Crippen molar-refractivity contribution in [2.75, 3.05) is 13.1 Å². The van der Waals surface area contributed by atoms with E-state index in [4.69, 9.17) is 12.2 Å². The van der Waals surface area contributed by atoms with Gasteiger partial charge in [0.2, 0.25) is 0 Å². The first-order chi connectivity index (χ1) is 14.2. The molecule has 0 aliphatic carbocycles. The van der Waals surface area contributed by atoms with Crippen LogP contribution in [0.5, 0.6) is 0 Å². The smallest absolute Gasteiger partial charge is 0.170 e. The van der Waals surface area contributed by atoms with Gasteiger partial charge in [-0.05, 0) is 41.7 Å². The van der Waals surface area contributed by atoms with Gasteiger partial charge in [-0.25, -0.2) is 0 Å². The predicted molar refractivity (Wildman–Crippen MR) is 127 cm³/mol. The minimum atomic E-state index is -0.555. The summed E-state index contributed by atoms with van der Waals surface area (Å²) in [5.74, 6) is 0. The largest absolute Gasteiger partial charge is 0.349 e. The summed E-state index contributed by atoms with van der Waals surface area (Å²) in [5.41, 5.74) is 2.97. The van der Waals surface area contributed by atoms with Crippen molar-refractivity contribution < 1.29 is 0 Å². The number of nitrogens with zero attached hydrogens (tertiary/aromatic N) is 1. The molecular formula is C26H30N2S. The molecule has 3 rings (SSSR count). The van der Waals surface area contributed by atoms with Gasteiger partial charge in [0.05, 0.1) is 0 Å². The SMILES string of the molecule is CCCN(CCC)C(=S)NC(c1ccccc1)(c1ccccc1)c1ccccc1. The predicted octanol–water partition coefficient (Wildman–Crippen LogP) is 5.98. The molecule has 3 aromatic carbocycles. The summed E-state index contributed by atoms with van der Waals surface area (Å²) in [6.07, 6.45) is 2.13. The van der Waals surface area contributed by atoms with Gasteiger partial charge in [0.1, 0.15) is 5.54 Å².